The van der Waals surface area contributed by atoms with Crippen molar-refractivity contribution in [1.82, 2.24) is 20.9 Å². The van der Waals surface area contributed by atoms with Crippen LogP contribution in [0.25, 0.3) is 0 Å². The van der Waals surface area contributed by atoms with Crippen LogP contribution in [-0.4, -0.2) is 78.9 Å². The summed E-state index contributed by atoms with van der Waals surface area (Å²) in [5.41, 5.74) is 0.217. The van der Waals surface area contributed by atoms with Gasteiger partial charge in [0.05, 0.1) is 0 Å². The van der Waals surface area contributed by atoms with Gasteiger partial charge in [0.1, 0.15) is 29.8 Å². The summed E-state index contributed by atoms with van der Waals surface area (Å²) in [5.74, 6) is -1.88. The van der Waals surface area contributed by atoms with Crippen molar-refractivity contribution in [2.45, 2.75) is 114 Å². The van der Waals surface area contributed by atoms with Gasteiger partial charge in [0, 0.05) is 19.4 Å². The van der Waals surface area contributed by atoms with E-state index in [4.69, 9.17) is 4.43 Å². The quantitative estimate of drug-likeness (QED) is 0.0863. The van der Waals surface area contributed by atoms with Crippen LogP contribution in [0.15, 0.2) is 133 Å². The Morgan fingerprint density at radius 3 is 1.93 bits per heavy atom. The highest BCUT2D eigenvalue weighted by Gasteiger charge is 2.51. The van der Waals surface area contributed by atoms with Crippen LogP contribution in [0.4, 0.5) is 0 Å². The van der Waals surface area contributed by atoms with E-state index in [1.807, 2.05) is 97.1 Å². The summed E-state index contributed by atoms with van der Waals surface area (Å²) in [6.07, 6.45) is 5.23. The van der Waals surface area contributed by atoms with Crippen LogP contribution in [0.3, 0.4) is 0 Å². The van der Waals surface area contributed by atoms with Gasteiger partial charge in [0.2, 0.25) is 23.6 Å². The lowest BCUT2D eigenvalue weighted by atomic mass is 9.90. The lowest BCUT2D eigenvalue weighted by Crippen LogP contribution is -2.68. The second-order valence-corrected chi connectivity index (χ2v) is 21.9. The average Bonchev–Trinajstić information content (AvgIpc) is 3.75. The van der Waals surface area contributed by atoms with Gasteiger partial charge in [-0.1, -0.05) is 148 Å². The summed E-state index contributed by atoms with van der Waals surface area (Å²) in [5, 5.41) is 10.8. The molecular formula is C50H60N4O6Si. The first kappa shape index (κ1) is 44.9. The van der Waals surface area contributed by atoms with E-state index >= 15 is 0 Å². The van der Waals surface area contributed by atoms with Gasteiger partial charge in [-0.05, 0) is 78.6 Å². The number of amides is 4. The molecule has 320 valence electrons. The molecule has 0 aliphatic carbocycles. The minimum atomic E-state index is -2.96. The summed E-state index contributed by atoms with van der Waals surface area (Å²) in [7, 11) is -2.96. The highest BCUT2D eigenvalue weighted by atomic mass is 28.4. The molecule has 6 rings (SSSR count). The third-order valence-electron chi connectivity index (χ3n) is 12.0. The van der Waals surface area contributed by atoms with Crippen molar-refractivity contribution in [3.63, 3.8) is 0 Å². The minimum Gasteiger partial charge on any atom is -0.397 e. The van der Waals surface area contributed by atoms with Gasteiger partial charge >= 0.3 is 0 Å². The summed E-state index contributed by atoms with van der Waals surface area (Å²) in [6, 6.07) is 36.5. The van der Waals surface area contributed by atoms with Crippen LogP contribution < -0.4 is 26.3 Å². The van der Waals surface area contributed by atoms with Crippen molar-refractivity contribution >= 4 is 48.1 Å². The number of carbonyl (C=O) groups is 5. The molecule has 0 saturated carbocycles. The molecule has 2 saturated heterocycles. The molecule has 3 N–H and O–H groups in total. The van der Waals surface area contributed by atoms with Crippen LogP contribution in [-0.2, 0) is 41.2 Å². The van der Waals surface area contributed by atoms with Crippen LogP contribution in [0.1, 0.15) is 77.8 Å². The topological polar surface area (TPSA) is 134 Å². The zero-order valence-corrected chi connectivity index (χ0v) is 37.1. The van der Waals surface area contributed by atoms with Crippen molar-refractivity contribution in [3.05, 3.63) is 145 Å². The molecule has 4 aromatic carbocycles. The second kappa shape index (κ2) is 19.8. The Morgan fingerprint density at radius 2 is 1.36 bits per heavy atom. The van der Waals surface area contributed by atoms with E-state index < -0.39 is 55.8 Å². The maximum Gasteiger partial charge on any atom is 0.262 e. The van der Waals surface area contributed by atoms with Gasteiger partial charge in [0.15, 0.2) is 5.78 Å². The lowest BCUT2D eigenvalue weighted by molar-refractivity contribution is -0.144. The number of hydrogen-bond donors (Lipinski definition) is 3. The third-order valence-corrected chi connectivity index (χ3v) is 17.1. The fraction of sp³-hybridized carbons (Fsp3) is 0.380. The number of nitrogens with one attached hydrogen (secondary N) is 3. The highest BCUT2D eigenvalue weighted by Crippen LogP contribution is 2.37. The Morgan fingerprint density at radius 1 is 0.803 bits per heavy atom. The zero-order valence-electron chi connectivity index (χ0n) is 36.1. The van der Waals surface area contributed by atoms with E-state index in [0.29, 0.717) is 32.2 Å². The molecule has 0 bridgehead atoms. The summed E-state index contributed by atoms with van der Waals surface area (Å²) in [6.45, 7) is 10.3. The highest BCUT2D eigenvalue weighted by molar-refractivity contribution is 6.99. The molecule has 2 heterocycles. The minimum absolute atomic E-state index is 0.156. The summed E-state index contributed by atoms with van der Waals surface area (Å²) < 4.78 is 7.01. The first-order chi connectivity index (χ1) is 29.2. The van der Waals surface area contributed by atoms with E-state index in [9.17, 15) is 24.0 Å². The number of ketones is 1. The Kier molecular flexibility index (Phi) is 14.6. The number of rotatable bonds is 14. The Bertz CT molecular complexity index is 2120. The summed E-state index contributed by atoms with van der Waals surface area (Å²) >= 11 is 0. The zero-order chi connectivity index (χ0) is 43.6. The fourth-order valence-corrected chi connectivity index (χ4v) is 13.4. The molecule has 0 radical (unpaired) electrons. The van der Waals surface area contributed by atoms with Crippen molar-refractivity contribution < 1.29 is 28.4 Å². The van der Waals surface area contributed by atoms with Gasteiger partial charge < -0.3 is 25.3 Å². The number of nitrogens with zero attached hydrogens (tertiary/aromatic N) is 1. The predicted molar refractivity (Wildman–Crippen MR) is 242 cm³/mol. The number of fused-ring (bicyclic) bond motifs is 1. The monoisotopic (exact) mass is 840 g/mol. The van der Waals surface area contributed by atoms with Crippen LogP contribution in [0.2, 0.25) is 5.04 Å². The summed E-state index contributed by atoms with van der Waals surface area (Å²) in [4.78, 5) is 72.2. The number of hydrogen-bond acceptors (Lipinski definition) is 6. The Hall–Kier alpha value is -5.65. The van der Waals surface area contributed by atoms with E-state index in [1.54, 1.807) is 30.9 Å². The largest absolute Gasteiger partial charge is 0.397 e. The maximum absolute atomic E-state index is 14.4. The molecule has 1 unspecified atom stereocenters. The normalized spacial score (nSPS) is 22.0. The molecular weight excluding hydrogens is 781 g/mol. The molecule has 2 aliphatic heterocycles. The van der Waals surface area contributed by atoms with Crippen LogP contribution in [0, 0.1) is 0 Å². The third kappa shape index (κ3) is 10.6. The van der Waals surface area contributed by atoms with Gasteiger partial charge in [-0.25, -0.2) is 0 Å². The van der Waals surface area contributed by atoms with E-state index in [-0.39, 0.29) is 36.0 Å². The standard InChI is InChI=1S/C50H60N4O6Si/c1-36(60-61(49(2,3)4,39-26-15-8-16-27-39)40-28-17-9-18-29-40)44(55)32-20-10-19-30-41-45(56)53-50(5,35-38-24-13-7-14-25-38)48(59)52-42(34-37-22-11-6-12-23-37)47(58)54-33-21-31-43(54)46(57)51-41/h6-9,11-18,20,22-29,32,36,41-43H,10,19,21,30-31,33-35H2,1-5H3,(H,51,57)(H,52,59)(H,53,56)/b32-20+/t36-,41-,42?,43+,50+/m0/s1. The van der Waals surface area contributed by atoms with Gasteiger partial charge in [-0.3, -0.25) is 24.0 Å². The number of carbonyl (C=O) groups excluding carboxylic acids is 5. The molecule has 11 heteroatoms. The molecule has 2 aliphatic rings. The lowest BCUT2D eigenvalue weighted by Gasteiger charge is -2.44. The smallest absolute Gasteiger partial charge is 0.262 e. The average molecular weight is 841 g/mol. The van der Waals surface area contributed by atoms with E-state index in [2.05, 4.69) is 61.0 Å². The predicted octanol–water partition coefficient (Wildman–Crippen LogP) is 5.58. The molecule has 4 amide bonds. The van der Waals surface area contributed by atoms with Gasteiger partial charge in [0.25, 0.3) is 8.32 Å². The molecule has 10 nitrogen and oxygen atoms in total. The number of unbranched alkanes of at least 4 members (excludes halogenated alkanes) is 1. The van der Waals surface area contributed by atoms with Crippen LogP contribution >= 0.6 is 0 Å². The van der Waals surface area contributed by atoms with Gasteiger partial charge in [-0.15, -0.1) is 0 Å². The first-order valence-electron chi connectivity index (χ1n) is 21.5. The van der Waals surface area contributed by atoms with Crippen LogP contribution in [0.5, 0.6) is 0 Å². The molecule has 4 aromatic rings. The SMILES string of the molecule is C[C@H](O[Si](c1ccccc1)(c1ccccc1)C(C)(C)C)C(=O)/C=C/CCC[C@@H]1NC(=O)[C@H]2CCCN2C(=O)C(Cc2ccccc2)NC(=O)[C@@](C)(Cc2ccccc2)NC1=O. The van der Waals surface area contributed by atoms with Crippen molar-refractivity contribution in [2.24, 2.45) is 0 Å². The van der Waals surface area contributed by atoms with E-state index in [0.717, 1.165) is 21.5 Å². The second-order valence-electron chi connectivity index (χ2n) is 17.6. The molecule has 0 spiro atoms. The van der Waals surface area contributed by atoms with Crippen molar-refractivity contribution in [1.29, 1.82) is 0 Å². The number of benzene rings is 4. The van der Waals surface area contributed by atoms with Crippen molar-refractivity contribution in [3.8, 4) is 0 Å². The molecule has 0 aromatic heterocycles. The molecule has 61 heavy (non-hydrogen) atoms. The molecule has 2 fully saturated rings. The Labute approximate surface area is 361 Å². The number of allylic oxidation sites excluding steroid dienone is 1. The maximum atomic E-state index is 14.4. The molecule has 5 atom stereocenters. The van der Waals surface area contributed by atoms with Gasteiger partial charge in [-0.2, -0.15) is 0 Å². The Balaban J connectivity index is 1.19. The van der Waals surface area contributed by atoms with E-state index in [1.165, 1.54) is 0 Å². The van der Waals surface area contributed by atoms with Crippen molar-refractivity contribution in [2.75, 3.05) is 6.54 Å². The first-order valence-corrected chi connectivity index (χ1v) is 23.4. The fourth-order valence-electron chi connectivity index (χ4n) is 8.74.